The van der Waals surface area contributed by atoms with Crippen LogP contribution in [0.5, 0.6) is 0 Å². The number of nitrogens with one attached hydrogen (secondary N) is 2. The summed E-state index contributed by atoms with van der Waals surface area (Å²) in [6.45, 7) is 1.98. The zero-order valence-electron chi connectivity index (χ0n) is 16.0. The van der Waals surface area contributed by atoms with Crippen molar-refractivity contribution in [2.75, 3.05) is 0 Å². The maximum Gasteiger partial charge on any atom is 0.322 e. The normalized spacial score (nSPS) is 12.8. The second-order valence-electron chi connectivity index (χ2n) is 6.90. The molecule has 154 valence electrons. The van der Waals surface area contributed by atoms with E-state index >= 15 is 0 Å². The SMILES string of the molecule is Cc1ccc(-c2ccc(S(=O)(=O)N[C@H](Cc3nc4ccccc4[nH]3)C(=O)O)s2)cc1. The number of benzene rings is 2. The number of imidazole rings is 1. The van der Waals surface area contributed by atoms with E-state index in [-0.39, 0.29) is 10.6 Å². The Kier molecular flexibility index (Phi) is 5.42. The van der Waals surface area contributed by atoms with Crippen molar-refractivity contribution in [3.05, 3.63) is 72.1 Å². The minimum atomic E-state index is -4.00. The number of carboxylic acid groups (broad SMARTS) is 1. The quantitative estimate of drug-likeness (QED) is 0.406. The van der Waals surface area contributed by atoms with Gasteiger partial charge in [-0.15, -0.1) is 11.3 Å². The summed E-state index contributed by atoms with van der Waals surface area (Å²) in [5, 5.41) is 9.56. The molecule has 30 heavy (non-hydrogen) atoms. The molecule has 7 nitrogen and oxygen atoms in total. The van der Waals surface area contributed by atoms with Crippen molar-refractivity contribution in [2.45, 2.75) is 23.6 Å². The number of aromatic nitrogens is 2. The zero-order valence-corrected chi connectivity index (χ0v) is 17.6. The lowest BCUT2D eigenvalue weighted by Crippen LogP contribution is -2.42. The highest BCUT2D eigenvalue weighted by Gasteiger charge is 2.28. The van der Waals surface area contributed by atoms with Gasteiger partial charge in [-0.3, -0.25) is 4.79 Å². The van der Waals surface area contributed by atoms with E-state index in [9.17, 15) is 18.3 Å². The largest absolute Gasteiger partial charge is 0.480 e. The lowest BCUT2D eigenvalue weighted by atomic mass is 10.1. The lowest BCUT2D eigenvalue weighted by molar-refractivity contribution is -0.138. The van der Waals surface area contributed by atoms with E-state index in [1.54, 1.807) is 12.1 Å². The number of H-pyrrole nitrogens is 1. The summed E-state index contributed by atoms with van der Waals surface area (Å²) >= 11 is 1.10. The molecule has 0 aliphatic rings. The summed E-state index contributed by atoms with van der Waals surface area (Å²) in [5.74, 6) is -0.868. The molecule has 3 N–H and O–H groups in total. The van der Waals surface area contributed by atoms with Crippen LogP contribution >= 0.6 is 11.3 Å². The van der Waals surface area contributed by atoms with E-state index in [0.29, 0.717) is 11.3 Å². The summed E-state index contributed by atoms with van der Waals surface area (Å²) in [6.07, 6.45) is -0.0978. The van der Waals surface area contributed by atoms with Gasteiger partial charge in [0.1, 0.15) is 16.1 Å². The summed E-state index contributed by atoms with van der Waals surface area (Å²) in [5.41, 5.74) is 3.48. The van der Waals surface area contributed by atoms with Crippen LogP contribution in [0.2, 0.25) is 0 Å². The number of nitrogens with zero attached hydrogens (tertiary/aromatic N) is 1. The predicted octanol–water partition coefficient (Wildman–Crippen LogP) is 3.57. The fourth-order valence-electron chi connectivity index (χ4n) is 3.06. The molecule has 0 radical (unpaired) electrons. The molecule has 2 aromatic carbocycles. The smallest absolute Gasteiger partial charge is 0.322 e. The molecule has 0 saturated carbocycles. The molecule has 0 spiro atoms. The van der Waals surface area contributed by atoms with Gasteiger partial charge in [0.25, 0.3) is 10.0 Å². The molecule has 2 aromatic heterocycles. The van der Waals surface area contributed by atoms with Crippen molar-refractivity contribution in [3.8, 4) is 10.4 Å². The lowest BCUT2D eigenvalue weighted by Gasteiger charge is -2.12. The Labute approximate surface area is 177 Å². The average Bonchev–Trinajstić information content (AvgIpc) is 3.35. The Morgan fingerprint density at radius 1 is 1.13 bits per heavy atom. The van der Waals surface area contributed by atoms with Crippen LogP contribution in [-0.2, 0) is 21.2 Å². The van der Waals surface area contributed by atoms with Crippen LogP contribution in [0.1, 0.15) is 11.4 Å². The number of thiophene rings is 1. The van der Waals surface area contributed by atoms with Gasteiger partial charge in [0, 0.05) is 11.3 Å². The first-order chi connectivity index (χ1) is 14.3. The number of para-hydroxylation sites is 2. The van der Waals surface area contributed by atoms with Gasteiger partial charge in [-0.2, -0.15) is 4.72 Å². The van der Waals surface area contributed by atoms with Crippen molar-refractivity contribution in [1.29, 1.82) is 0 Å². The van der Waals surface area contributed by atoms with E-state index in [4.69, 9.17) is 0 Å². The van der Waals surface area contributed by atoms with Crippen molar-refractivity contribution < 1.29 is 18.3 Å². The van der Waals surface area contributed by atoms with Crippen LogP contribution < -0.4 is 4.72 Å². The topological polar surface area (TPSA) is 112 Å². The minimum absolute atomic E-state index is 0.0638. The van der Waals surface area contributed by atoms with Crippen LogP contribution in [0, 0.1) is 6.92 Å². The molecular formula is C21H19N3O4S2. The van der Waals surface area contributed by atoms with E-state index < -0.39 is 22.0 Å². The molecule has 9 heteroatoms. The van der Waals surface area contributed by atoms with Crippen LogP contribution in [0.4, 0.5) is 0 Å². The molecule has 4 aromatic rings. The second kappa shape index (κ2) is 8.02. The Bertz CT molecular complexity index is 1270. The summed E-state index contributed by atoms with van der Waals surface area (Å²) in [7, 11) is -4.00. The van der Waals surface area contributed by atoms with Gasteiger partial charge in [-0.05, 0) is 36.8 Å². The maximum absolute atomic E-state index is 12.8. The van der Waals surface area contributed by atoms with Crippen molar-refractivity contribution >= 4 is 38.4 Å². The van der Waals surface area contributed by atoms with Crippen LogP contribution in [0.25, 0.3) is 21.5 Å². The number of fused-ring (bicyclic) bond motifs is 1. The Balaban J connectivity index is 1.55. The molecule has 0 unspecified atom stereocenters. The van der Waals surface area contributed by atoms with Crippen molar-refractivity contribution in [1.82, 2.24) is 14.7 Å². The number of aryl methyl sites for hydroxylation is 1. The second-order valence-corrected chi connectivity index (χ2v) is 9.93. The fraction of sp³-hybridized carbons (Fsp3) is 0.143. The maximum atomic E-state index is 12.8. The molecule has 2 heterocycles. The first kappa shape index (κ1) is 20.3. The highest BCUT2D eigenvalue weighted by atomic mass is 32.2. The van der Waals surface area contributed by atoms with Gasteiger partial charge in [0.15, 0.2) is 0 Å². The van der Waals surface area contributed by atoms with Gasteiger partial charge >= 0.3 is 5.97 Å². The number of hydrogen-bond donors (Lipinski definition) is 3. The Hall–Kier alpha value is -3.01. The fourth-order valence-corrected chi connectivity index (χ4v) is 5.58. The van der Waals surface area contributed by atoms with E-state index in [1.165, 1.54) is 6.07 Å². The van der Waals surface area contributed by atoms with E-state index in [0.717, 1.165) is 32.9 Å². The van der Waals surface area contributed by atoms with Gasteiger partial charge < -0.3 is 10.1 Å². The van der Waals surface area contributed by atoms with Gasteiger partial charge in [-0.1, -0.05) is 42.0 Å². The van der Waals surface area contributed by atoms with Gasteiger partial charge in [0.05, 0.1) is 11.0 Å². The third-order valence-corrected chi connectivity index (χ3v) is 7.71. The Morgan fingerprint density at radius 2 is 1.87 bits per heavy atom. The number of aliphatic carboxylic acids is 1. The summed E-state index contributed by atoms with van der Waals surface area (Å²) in [6, 6.07) is 16.9. The molecule has 4 rings (SSSR count). The van der Waals surface area contributed by atoms with Crippen LogP contribution in [0.15, 0.2) is 64.9 Å². The van der Waals surface area contributed by atoms with Crippen molar-refractivity contribution in [2.24, 2.45) is 0 Å². The number of sulfonamides is 1. The van der Waals surface area contributed by atoms with Crippen LogP contribution in [0.3, 0.4) is 0 Å². The molecule has 0 amide bonds. The molecule has 0 aliphatic heterocycles. The predicted molar refractivity (Wildman–Crippen MR) is 116 cm³/mol. The number of hydrogen-bond acceptors (Lipinski definition) is 5. The summed E-state index contributed by atoms with van der Waals surface area (Å²) in [4.78, 5) is 19.9. The third kappa shape index (κ3) is 4.28. The molecular weight excluding hydrogens is 422 g/mol. The monoisotopic (exact) mass is 441 g/mol. The first-order valence-electron chi connectivity index (χ1n) is 9.17. The Morgan fingerprint density at radius 3 is 2.57 bits per heavy atom. The standard InChI is InChI=1S/C21H19N3O4S2/c1-13-6-8-14(9-7-13)18-10-11-20(29-18)30(27,28)24-17(21(25)26)12-19-22-15-4-2-3-5-16(15)23-19/h2-11,17,24H,12H2,1H3,(H,22,23)(H,25,26)/t17-/m1/s1. The first-order valence-corrected chi connectivity index (χ1v) is 11.5. The minimum Gasteiger partial charge on any atom is -0.480 e. The highest BCUT2D eigenvalue weighted by Crippen LogP contribution is 2.31. The number of carboxylic acids is 1. The molecule has 0 bridgehead atoms. The third-order valence-electron chi connectivity index (χ3n) is 4.61. The van der Waals surface area contributed by atoms with E-state index in [2.05, 4.69) is 14.7 Å². The number of rotatable bonds is 7. The molecule has 0 fully saturated rings. The number of aromatic amines is 1. The molecule has 1 atom stereocenters. The average molecular weight is 442 g/mol. The highest BCUT2D eigenvalue weighted by molar-refractivity contribution is 7.91. The molecule has 0 saturated heterocycles. The van der Waals surface area contributed by atoms with Gasteiger partial charge in [-0.25, -0.2) is 13.4 Å². The van der Waals surface area contributed by atoms with Crippen molar-refractivity contribution in [3.63, 3.8) is 0 Å². The number of carbonyl (C=O) groups is 1. The zero-order chi connectivity index (χ0) is 21.3. The van der Waals surface area contributed by atoms with E-state index in [1.807, 2.05) is 49.4 Å². The summed E-state index contributed by atoms with van der Waals surface area (Å²) < 4.78 is 28.0. The van der Waals surface area contributed by atoms with Gasteiger partial charge in [0.2, 0.25) is 0 Å². The molecule has 0 aliphatic carbocycles. The van der Waals surface area contributed by atoms with Crippen LogP contribution in [-0.4, -0.2) is 35.5 Å².